The molecule has 2 rings (SSSR count). The van der Waals surface area contributed by atoms with Crippen LogP contribution in [0.15, 0.2) is 18.3 Å². The van der Waals surface area contributed by atoms with E-state index in [-0.39, 0.29) is 6.03 Å². The van der Waals surface area contributed by atoms with Crippen LogP contribution in [0.5, 0.6) is 0 Å². The number of piperazine rings is 1. The van der Waals surface area contributed by atoms with E-state index in [4.69, 9.17) is 0 Å². The number of amides is 2. The van der Waals surface area contributed by atoms with E-state index in [1.54, 1.807) is 6.20 Å². The maximum atomic E-state index is 11.7. The number of nitrogens with one attached hydrogen (secondary N) is 2. The third-order valence-electron chi connectivity index (χ3n) is 3.70. The quantitative estimate of drug-likeness (QED) is 0.799. The van der Waals surface area contributed by atoms with Gasteiger partial charge in [0.25, 0.3) is 0 Å². The van der Waals surface area contributed by atoms with Gasteiger partial charge in [0, 0.05) is 38.4 Å². The maximum absolute atomic E-state index is 11.7. The molecule has 1 aliphatic heterocycles. The maximum Gasteiger partial charge on any atom is 0.319 e. The van der Waals surface area contributed by atoms with Crippen LogP contribution in [0.1, 0.15) is 12.1 Å². The highest BCUT2D eigenvalue weighted by atomic mass is 16.2. The van der Waals surface area contributed by atoms with Crippen molar-refractivity contribution in [3.8, 4) is 0 Å². The number of anilines is 1. The highest BCUT2D eigenvalue weighted by Crippen LogP contribution is 2.04. The average Bonchev–Trinajstić information content (AvgIpc) is 2.48. The molecule has 0 aromatic carbocycles. The summed E-state index contributed by atoms with van der Waals surface area (Å²) in [5.41, 5.74) is 1.66. The molecule has 21 heavy (non-hydrogen) atoms. The lowest BCUT2D eigenvalue weighted by Crippen LogP contribution is -2.45. The number of aryl methyl sites for hydroxylation is 1. The zero-order valence-electron chi connectivity index (χ0n) is 12.9. The van der Waals surface area contributed by atoms with Crippen molar-refractivity contribution in [2.24, 2.45) is 0 Å². The normalized spacial score (nSPS) is 16.7. The molecule has 0 aliphatic carbocycles. The van der Waals surface area contributed by atoms with E-state index in [9.17, 15) is 4.79 Å². The van der Waals surface area contributed by atoms with Crippen LogP contribution in [0.25, 0.3) is 0 Å². The molecule has 1 aliphatic rings. The molecule has 2 heterocycles. The number of carbonyl (C=O) groups excluding carboxylic acids is 1. The number of urea groups is 1. The van der Waals surface area contributed by atoms with Gasteiger partial charge in [0.2, 0.25) is 0 Å². The molecule has 0 spiro atoms. The molecule has 2 N–H and O–H groups in total. The zero-order valence-corrected chi connectivity index (χ0v) is 12.9. The van der Waals surface area contributed by atoms with Gasteiger partial charge in [-0.3, -0.25) is 4.98 Å². The van der Waals surface area contributed by atoms with E-state index in [1.807, 2.05) is 19.1 Å². The smallest absolute Gasteiger partial charge is 0.319 e. The topological polar surface area (TPSA) is 60.5 Å². The molecule has 0 atom stereocenters. The fourth-order valence-corrected chi connectivity index (χ4v) is 2.29. The number of pyridine rings is 1. The number of rotatable bonds is 5. The van der Waals surface area contributed by atoms with Crippen molar-refractivity contribution in [2.75, 3.05) is 51.6 Å². The van der Waals surface area contributed by atoms with E-state index in [0.29, 0.717) is 6.54 Å². The van der Waals surface area contributed by atoms with E-state index < -0.39 is 0 Å². The summed E-state index contributed by atoms with van der Waals surface area (Å²) in [6.07, 6.45) is 2.64. The zero-order chi connectivity index (χ0) is 15.1. The summed E-state index contributed by atoms with van der Waals surface area (Å²) in [4.78, 5) is 20.7. The first kappa shape index (κ1) is 15.7. The summed E-state index contributed by atoms with van der Waals surface area (Å²) >= 11 is 0. The number of carbonyl (C=O) groups is 1. The molecule has 2 amide bonds. The van der Waals surface area contributed by atoms with Crippen molar-refractivity contribution in [1.29, 1.82) is 0 Å². The standard InChI is InChI=1S/C15H25N5O/c1-13-4-5-14(12-17-13)18-15(21)16-6-3-7-20-10-8-19(2)9-11-20/h4-5,12H,3,6-11H2,1-2H3,(H2,16,18,21). The monoisotopic (exact) mass is 291 g/mol. The Morgan fingerprint density at radius 1 is 1.29 bits per heavy atom. The van der Waals surface area contributed by atoms with Crippen molar-refractivity contribution in [3.05, 3.63) is 24.0 Å². The van der Waals surface area contributed by atoms with Crippen LogP contribution < -0.4 is 10.6 Å². The molecule has 1 aromatic heterocycles. The van der Waals surface area contributed by atoms with Crippen molar-refractivity contribution < 1.29 is 4.79 Å². The molecule has 6 nitrogen and oxygen atoms in total. The second-order valence-corrected chi connectivity index (χ2v) is 5.57. The Labute approximate surface area is 126 Å². The Morgan fingerprint density at radius 3 is 2.71 bits per heavy atom. The predicted octanol–water partition coefficient (Wildman–Crippen LogP) is 1.15. The fraction of sp³-hybridized carbons (Fsp3) is 0.600. The lowest BCUT2D eigenvalue weighted by atomic mass is 10.3. The second kappa shape index (κ2) is 7.95. The molecule has 1 fully saturated rings. The number of hydrogen-bond acceptors (Lipinski definition) is 4. The van der Waals surface area contributed by atoms with Gasteiger partial charge in [-0.2, -0.15) is 0 Å². The van der Waals surface area contributed by atoms with Gasteiger partial charge >= 0.3 is 6.03 Å². The Kier molecular flexibility index (Phi) is 5.95. The SMILES string of the molecule is Cc1ccc(NC(=O)NCCCN2CCN(C)CC2)cn1. The number of nitrogens with zero attached hydrogens (tertiary/aromatic N) is 3. The summed E-state index contributed by atoms with van der Waals surface area (Å²) in [5.74, 6) is 0. The van der Waals surface area contributed by atoms with Gasteiger partial charge in [-0.05, 0) is 39.1 Å². The summed E-state index contributed by atoms with van der Waals surface area (Å²) in [6, 6.07) is 3.56. The van der Waals surface area contributed by atoms with E-state index in [2.05, 4.69) is 32.5 Å². The first-order chi connectivity index (χ1) is 10.1. The molecular weight excluding hydrogens is 266 g/mol. The minimum absolute atomic E-state index is 0.168. The molecule has 0 bridgehead atoms. The van der Waals surface area contributed by atoms with Gasteiger partial charge in [0.1, 0.15) is 0 Å². The lowest BCUT2D eigenvalue weighted by molar-refractivity contribution is 0.153. The Hall–Kier alpha value is -1.66. The third-order valence-corrected chi connectivity index (χ3v) is 3.70. The summed E-state index contributed by atoms with van der Waals surface area (Å²) in [5, 5.41) is 5.66. The van der Waals surface area contributed by atoms with Gasteiger partial charge in [0.15, 0.2) is 0 Å². The summed E-state index contributed by atoms with van der Waals surface area (Å²) < 4.78 is 0. The van der Waals surface area contributed by atoms with E-state index >= 15 is 0 Å². The van der Waals surface area contributed by atoms with E-state index in [1.165, 1.54) is 0 Å². The number of likely N-dealkylation sites (N-methyl/N-ethyl adjacent to an activating group) is 1. The van der Waals surface area contributed by atoms with Crippen LogP contribution in [-0.4, -0.2) is 67.1 Å². The fourth-order valence-electron chi connectivity index (χ4n) is 2.29. The average molecular weight is 291 g/mol. The molecule has 6 heteroatoms. The third kappa shape index (κ3) is 5.69. The second-order valence-electron chi connectivity index (χ2n) is 5.57. The summed E-state index contributed by atoms with van der Waals surface area (Å²) in [6.45, 7) is 8.16. The first-order valence-electron chi connectivity index (χ1n) is 7.52. The number of hydrogen-bond donors (Lipinski definition) is 2. The molecule has 1 saturated heterocycles. The molecular formula is C15H25N5O. The predicted molar refractivity (Wildman–Crippen MR) is 84.5 cm³/mol. The number of aromatic nitrogens is 1. The van der Waals surface area contributed by atoms with Crippen molar-refractivity contribution in [3.63, 3.8) is 0 Å². The van der Waals surface area contributed by atoms with Gasteiger partial charge in [0.05, 0.1) is 11.9 Å². The lowest BCUT2D eigenvalue weighted by Gasteiger charge is -2.32. The molecule has 1 aromatic rings. The van der Waals surface area contributed by atoms with Gasteiger partial charge in [-0.15, -0.1) is 0 Å². The molecule has 116 valence electrons. The summed E-state index contributed by atoms with van der Waals surface area (Å²) in [7, 11) is 2.16. The molecule has 0 saturated carbocycles. The minimum atomic E-state index is -0.168. The Balaban J connectivity index is 1.58. The van der Waals surface area contributed by atoms with Crippen LogP contribution in [0.4, 0.5) is 10.5 Å². The van der Waals surface area contributed by atoms with Gasteiger partial charge in [-0.25, -0.2) is 4.79 Å². The Bertz CT molecular complexity index is 440. The first-order valence-corrected chi connectivity index (χ1v) is 7.52. The van der Waals surface area contributed by atoms with Gasteiger partial charge < -0.3 is 20.4 Å². The van der Waals surface area contributed by atoms with Crippen molar-refractivity contribution in [1.82, 2.24) is 20.1 Å². The van der Waals surface area contributed by atoms with Crippen LogP contribution in [0.2, 0.25) is 0 Å². The Morgan fingerprint density at radius 2 is 2.05 bits per heavy atom. The molecule has 0 radical (unpaired) electrons. The van der Waals surface area contributed by atoms with Crippen molar-refractivity contribution >= 4 is 11.7 Å². The largest absolute Gasteiger partial charge is 0.338 e. The van der Waals surface area contributed by atoms with Gasteiger partial charge in [-0.1, -0.05) is 0 Å². The van der Waals surface area contributed by atoms with Crippen molar-refractivity contribution in [2.45, 2.75) is 13.3 Å². The molecule has 0 unspecified atom stereocenters. The van der Waals surface area contributed by atoms with Crippen LogP contribution in [-0.2, 0) is 0 Å². The highest BCUT2D eigenvalue weighted by Gasteiger charge is 2.12. The van der Waals surface area contributed by atoms with Crippen LogP contribution in [0.3, 0.4) is 0 Å². The van der Waals surface area contributed by atoms with E-state index in [0.717, 1.165) is 50.5 Å². The highest BCUT2D eigenvalue weighted by molar-refractivity contribution is 5.88. The van der Waals surface area contributed by atoms with Crippen LogP contribution >= 0.6 is 0 Å². The van der Waals surface area contributed by atoms with Crippen LogP contribution in [0, 0.1) is 6.92 Å². The minimum Gasteiger partial charge on any atom is -0.338 e.